The van der Waals surface area contributed by atoms with Crippen molar-refractivity contribution in [3.8, 4) is 17.2 Å². The van der Waals surface area contributed by atoms with Crippen LogP contribution in [0.15, 0.2) is 42.5 Å². The van der Waals surface area contributed by atoms with Crippen molar-refractivity contribution in [3.05, 3.63) is 48.0 Å². The zero-order valence-electron chi connectivity index (χ0n) is 14.5. The molecular weight excluding hydrogens is 306 g/mol. The zero-order valence-corrected chi connectivity index (χ0v) is 14.5. The van der Waals surface area contributed by atoms with E-state index in [2.05, 4.69) is 5.32 Å². The SMILES string of the molecule is COc1ccc(NC(CC(C)=O)c2ccc(OC)c(OC)c2)cc1. The maximum atomic E-state index is 11.7. The Morgan fingerprint density at radius 3 is 2.17 bits per heavy atom. The lowest BCUT2D eigenvalue weighted by atomic mass is 10.0. The quantitative estimate of drug-likeness (QED) is 0.797. The van der Waals surface area contributed by atoms with Crippen LogP contribution in [-0.4, -0.2) is 27.1 Å². The second-order valence-corrected chi connectivity index (χ2v) is 5.45. The molecule has 2 rings (SSSR count). The minimum absolute atomic E-state index is 0.107. The normalized spacial score (nSPS) is 11.5. The molecule has 0 aliphatic heterocycles. The fourth-order valence-electron chi connectivity index (χ4n) is 2.50. The van der Waals surface area contributed by atoms with Crippen LogP contribution in [0.5, 0.6) is 17.2 Å². The van der Waals surface area contributed by atoms with E-state index in [1.54, 1.807) is 28.3 Å². The number of benzene rings is 2. The van der Waals surface area contributed by atoms with Crippen molar-refractivity contribution in [2.24, 2.45) is 0 Å². The first kappa shape index (κ1) is 17.7. The van der Waals surface area contributed by atoms with Crippen LogP contribution in [0.4, 0.5) is 5.69 Å². The fourth-order valence-corrected chi connectivity index (χ4v) is 2.50. The van der Waals surface area contributed by atoms with E-state index >= 15 is 0 Å². The third kappa shape index (κ3) is 4.41. The highest BCUT2D eigenvalue weighted by molar-refractivity contribution is 5.77. The van der Waals surface area contributed by atoms with Crippen molar-refractivity contribution in [3.63, 3.8) is 0 Å². The first-order valence-electron chi connectivity index (χ1n) is 7.69. The molecule has 5 nitrogen and oxygen atoms in total. The molecule has 0 aliphatic carbocycles. The van der Waals surface area contributed by atoms with Crippen LogP contribution in [0.1, 0.15) is 24.9 Å². The molecule has 128 valence electrons. The van der Waals surface area contributed by atoms with Crippen molar-refractivity contribution in [2.75, 3.05) is 26.6 Å². The minimum Gasteiger partial charge on any atom is -0.497 e. The Hall–Kier alpha value is -2.69. The molecule has 2 aromatic rings. The summed E-state index contributed by atoms with van der Waals surface area (Å²) in [6.45, 7) is 1.59. The molecule has 0 saturated heterocycles. The van der Waals surface area contributed by atoms with Crippen molar-refractivity contribution in [2.45, 2.75) is 19.4 Å². The van der Waals surface area contributed by atoms with Crippen molar-refractivity contribution >= 4 is 11.5 Å². The van der Waals surface area contributed by atoms with Gasteiger partial charge in [-0.25, -0.2) is 0 Å². The number of hydrogen-bond acceptors (Lipinski definition) is 5. The van der Waals surface area contributed by atoms with Gasteiger partial charge in [-0.2, -0.15) is 0 Å². The number of anilines is 1. The average Bonchev–Trinajstić information content (AvgIpc) is 2.60. The molecule has 1 atom stereocenters. The van der Waals surface area contributed by atoms with Crippen LogP contribution in [0.3, 0.4) is 0 Å². The van der Waals surface area contributed by atoms with Gasteiger partial charge in [-0.05, 0) is 48.9 Å². The van der Waals surface area contributed by atoms with E-state index < -0.39 is 0 Å². The van der Waals surface area contributed by atoms with Crippen molar-refractivity contribution in [1.29, 1.82) is 0 Å². The number of ether oxygens (including phenoxy) is 3. The highest BCUT2D eigenvalue weighted by Crippen LogP contribution is 2.32. The largest absolute Gasteiger partial charge is 0.497 e. The van der Waals surface area contributed by atoms with Crippen LogP contribution in [-0.2, 0) is 4.79 Å². The van der Waals surface area contributed by atoms with Crippen molar-refractivity contribution < 1.29 is 19.0 Å². The minimum atomic E-state index is -0.157. The van der Waals surface area contributed by atoms with E-state index in [1.807, 2.05) is 42.5 Å². The predicted octanol–water partition coefficient (Wildman–Crippen LogP) is 3.84. The summed E-state index contributed by atoms with van der Waals surface area (Å²) in [5, 5.41) is 3.39. The van der Waals surface area contributed by atoms with Crippen LogP contribution in [0.25, 0.3) is 0 Å². The van der Waals surface area contributed by atoms with Gasteiger partial charge in [0.05, 0.1) is 27.4 Å². The van der Waals surface area contributed by atoms with Crippen molar-refractivity contribution in [1.82, 2.24) is 0 Å². The van der Waals surface area contributed by atoms with E-state index in [-0.39, 0.29) is 11.8 Å². The summed E-state index contributed by atoms with van der Waals surface area (Å²) in [5.74, 6) is 2.19. The molecule has 0 radical (unpaired) electrons. The maximum Gasteiger partial charge on any atom is 0.161 e. The summed E-state index contributed by atoms with van der Waals surface area (Å²) < 4.78 is 15.8. The number of ketones is 1. The lowest BCUT2D eigenvalue weighted by Gasteiger charge is -2.21. The molecule has 0 aromatic heterocycles. The molecule has 24 heavy (non-hydrogen) atoms. The monoisotopic (exact) mass is 329 g/mol. The molecule has 0 fully saturated rings. The Bertz CT molecular complexity index is 682. The third-order valence-corrected chi connectivity index (χ3v) is 3.73. The Kier molecular flexibility index (Phi) is 6.07. The van der Waals surface area contributed by atoms with Gasteiger partial charge < -0.3 is 19.5 Å². The topological polar surface area (TPSA) is 56.8 Å². The summed E-state index contributed by atoms with van der Waals surface area (Å²) in [6, 6.07) is 13.1. The molecule has 5 heteroatoms. The lowest BCUT2D eigenvalue weighted by Crippen LogP contribution is -2.14. The Balaban J connectivity index is 2.28. The fraction of sp³-hybridized carbons (Fsp3) is 0.316. The van der Waals surface area contributed by atoms with Gasteiger partial charge in [-0.1, -0.05) is 6.07 Å². The second kappa shape index (κ2) is 8.24. The summed E-state index contributed by atoms with van der Waals surface area (Å²) in [6.07, 6.45) is 0.377. The molecule has 0 spiro atoms. The molecule has 0 amide bonds. The van der Waals surface area contributed by atoms with E-state index in [9.17, 15) is 4.79 Å². The highest BCUT2D eigenvalue weighted by Gasteiger charge is 2.16. The predicted molar refractivity (Wildman–Crippen MR) is 94.2 cm³/mol. The molecular formula is C19H23NO4. The van der Waals surface area contributed by atoms with Gasteiger partial charge in [-0.15, -0.1) is 0 Å². The van der Waals surface area contributed by atoms with Gasteiger partial charge in [0.1, 0.15) is 11.5 Å². The summed E-state index contributed by atoms with van der Waals surface area (Å²) in [4.78, 5) is 11.7. The van der Waals surface area contributed by atoms with E-state index in [0.717, 1.165) is 17.0 Å². The number of rotatable bonds is 8. The Morgan fingerprint density at radius 2 is 1.62 bits per heavy atom. The summed E-state index contributed by atoms with van der Waals surface area (Å²) in [7, 11) is 4.82. The molecule has 0 saturated carbocycles. The molecule has 1 N–H and O–H groups in total. The molecule has 0 heterocycles. The van der Waals surface area contributed by atoms with Crippen LogP contribution in [0, 0.1) is 0 Å². The standard InChI is InChI=1S/C19H23NO4/c1-13(21)11-17(20-15-6-8-16(22-2)9-7-15)14-5-10-18(23-3)19(12-14)24-4/h5-10,12,17,20H,11H2,1-4H3. The number of hydrogen-bond donors (Lipinski definition) is 1. The lowest BCUT2D eigenvalue weighted by molar-refractivity contribution is -0.117. The van der Waals surface area contributed by atoms with Gasteiger partial charge in [0.15, 0.2) is 11.5 Å². The molecule has 0 aliphatic rings. The van der Waals surface area contributed by atoms with Crippen LogP contribution in [0.2, 0.25) is 0 Å². The van der Waals surface area contributed by atoms with E-state index in [4.69, 9.17) is 14.2 Å². The first-order chi connectivity index (χ1) is 11.6. The zero-order chi connectivity index (χ0) is 17.5. The number of carbonyl (C=O) groups is 1. The molecule has 2 aromatic carbocycles. The average molecular weight is 329 g/mol. The van der Waals surface area contributed by atoms with Gasteiger partial charge in [0.25, 0.3) is 0 Å². The first-order valence-corrected chi connectivity index (χ1v) is 7.69. The second-order valence-electron chi connectivity index (χ2n) is 5.45. The highest BCUT2D eigenvalue weighted by atomic mass is 16.5. The van der Waals surface area contributed by atoms with E-state index in [0.29, 0.717) is 17.9 Å². The van der Waals surface area contributed by atoms with Crippen LogP contribution < -0.4 is 19.5 Å². The Labute approximate surface area is 142 Å². The number of Topliss-reactive ketones (excluding diaryl/α,β-unsaturated/α-hetero) is 1. The number of carbonyl (C=O) groups excluding carboxylic acids is 1. The Morgan fingerprint density at radius 1 is 0.958 bits per heavy atom. The van der Waals surface area contributed by atoms with Gasteiger partial charge in [-0.3, -0.25) is 4.79 Å². The summed E-state index contributed by atoms with van der Waals surface area (Å²) >= 11 is 0. The van der Waals surface area contributed by atoms with Gasteiger partial charge in [0.2, 0.25) is 0 Å². The van der Waals surface area contributed by atoms with E-state index in [1.165, 1.54) is 0 Å². The summed E-state index contributed by atoms with van der Waals surface area (Å²) in [5.41, 5.74) is 1.87. The smallest absolute Gasteiger partial charge is 0.161 e. The van der Waals surface area contributed by atoms with Crippen LogP contribution >= 0.6 is 0 Å². The third-order valence-electron chi connectivity index (χ3n) is 3.73. The van der Waals surface area contributed by atoms with Gasteiger partial charge >= 0.3 is 0 Å². The number of nitrogens with one attached hydrogen (secondary N) is 1. The van der Waals surface area contributed by atoms with Gasteiger partial charge in [0, 0.05) is 12.1 Å². The molecule has 1 unspecified atom stereocenters. The maximum absolute atomic E-state index is 11.7. The number of methoxy groups -OCH3 is 3. The molecule has 0 bridgehead atoms.